The quantitative estimate of drug-likeness (QED) is 0.517. The first-order valence-corrected chi connectivity index (χ1v) is 10.6. The Bertz CT molecular complexity index is 1110. The van der Waals surface area contributed by atoms with Crippen LogP contribution in [0.25, 0.3) is 0 Å². The van der Waals surface area contributed by atoms with Crippen molar-refractivity contribution in [1.82, 2.24) is 4.90 Å². The summed E-state index contributed by atoms with van der Waals surface area (Å²) in [6.07, 6.45) is 0. The van der Waals surface area contributed by atoms with E-state index in [9.17, 15) is 36.5 Å². The van der Waals surface area contributed by atoms with Crippen molar-refractivity contribution in [3.8, 4) is 0 Å². The lowest BCUT2D eigenvalue weighted by Crippen LogP contribution is -2.49. The molecule has 1 amide bonds. The van der Waals surface area contributed by atoms with E-state index in [2.05, 4.69) is 0 Å². The Morgan fingerprint density at radius 3 is 2.13 bits per heavy atom. The van der Waals surface area contributed by atoms with Gasteiger partial charge in [0, 0.05) is 37.8 Å². The lowest BCUT2D eigenvalue weighted by Gasteiger charge is -2.36. The van der Waals surface area contributed by atoms with Gasteiger partial charge in [0.05, 0.1) is 9.82 Å². The SMILES string of the molecule is Cc1ccc(C(=O)N2CCN(c3ccc(S(=O)(=O)C(F)(F)F)cc3[N+](=O)[O-])CC2)cc1. The summed E-state index contributed by atoms with van der Waals surface area (Å²) in [5.74, 6) is -0.194. The van der Waals surface area contributed by atoms with Crippen LogP contribution in [-0.2, 0) is 9.84 Å². The molecule has 0 radical (unpaired) electrons. The van der Waals surface area contributed by atoms with Crippen LogP contribution in [0.5, 0.6) is 0 Å². The maximum atomic E-state index is 12.8. The minimum Gasteiger partial charge on any atom is -0.362 e. The van der Waals surface area contributed by atoms with Crippen molar-refractivity contribution in [3.05, 3.63) is 63.7 Å². The smallest absolute Gasteiger partial charge is 0.362 e. The van der Waals surface area contributed by atoms with E-state index in [4.69, 9.17) is 0 Å². The molecule has 1 aliphatic heterocycles. The molecule has 0 aromatic heterocycles. The zero-order valence-electron chi connectivity index (χ0n) is 16.3. The van der Waals surface area contributed by atoms with Crippen LogP contribution in [0.15, 0.2) is 47.4 Å². The second-order valence-corrected chi connectivity index (χ2v) is 8.94. The summed E-state index contributed by atoms with van der Waals surface area (Å²) in [7, 11) is -5.71. The van der Waals surface area contributed by atoms with Gasteiger partial charge in [-0.1, -0.05) is 17.7 Å². The number of halogens is 3. The summed E-state index contributed by atoms with van der Waals surface area (Å²) in [5.41, 5.74) is -4.81. The van der Waals surface area contributed by atoms with Crippen molar-refractivity contribution in [3.63, 3.8) is 0 Å². The Morgan fingerprint density at radius 2 is 1.61 bits per heavy atom. The minimum atomic E-state index is -5.71. The summed E-state index contributed by atoms with van der Waals surface area (Å²) < 4.78 is 61.5. The fourth-order valence-corrected chi connectivity index (χ4v) is 4.03. The average Bonchev–Trinajstić information content (AvgIpc) is 2.72. The fraction of sp³-hybridized carbons (Fsp3) is 0.316. The number of hydrogen-bond donors (Lipinski definition) is 0. The third-order valence-electron chi connectivity index (χ3n) is 4.96. The normalized spacial score (nSPS) is 15.1. The number of carbonyl (C=O) groups is 1. The van der Waals surface area contributed by atoms with E-state index in [-0.39, 0.29) is 37.8 Å². The number of nitro benzene ring substituents is 1. The van der Waals surface area contributed by atoms with Crippen LogP contribution in [0.2, 0.25) is 0 Å². The Morgan fingerprint density at radius 1 is 1.03 bits per heavy atom. The molecule has 1 fully saturated rings. The summed E-state index contributed by atoms with van der Waals surface area (Å²) in [6, 6.07) is 9.14. The number of alkyl halides is 3. The van der Waals surface area contributed by atoms with E-state index in [1.54, 1.807) is 21.9 Å². The van der Waals surface area contributed by atoms with Crippen molar-refractivity contribution >= 4 is 27.1 Å². The van der Waals surface area contributed by atoms with Crippen molar-refractivity contribution in [2.24, 2.45) is 0 Å². The van der Waals surface area contributed by atoms with E-state index in [0.717, 1.165) is 11.6 Å². The number of nitrogens with zero attached hydrogens (tertiary/aromatic N) is 3. The lowest BCUT2D eigenvalue weighted by molar-refractivity contribution is -0.384. The van der Waals surface area contributed by atoms with E-state index in [1.807, 2.05) is 19.1 Å². The van der Waals surface area contributed by atoms with E-state index in [1.165, 1.54) is 0 Å². The van der Waals surface area contributed by atoms with Crippen LogP contribution in [0, 0.1) is 17.0 Å². The van der Waals surface area contributed by atoms with Gasteiger partial charge in [-0.2, -0.15) is 13.2 Å². The van der Waals surface area contributed by atoms with Crippen molar-refractivity contribution < 1.29 is 31.3 Å². The Balaban J connectivity index is 1.80. The summed E-state index contributed by atoms with van der Waals surface area (Å²) in [6.45, 7) is 2.78. The molecule has 8 nitrogen and oxygen atoms in total. The number of aryl methyl sites for hydroxylation is 1. The predicted octanol–water partition coefficient (Wildman–Crippen LogP) is 3.16. The van der Waals surface area contributed by atoms with Gasteiger partial charge in [0.25, 0.3) is 21.4 Å². The Labute approximate surface area is 175 Å². The van der Waals surface area contributed by atoms with Gasteiger partial charge in [-0.25, -0.2) is 8.42 Å². The molecule has 0 unspecified atom stereocenters. The van der Waals surface area contributed by atoms with Gasteiger partial charge in [0.15, 0.2) is 0 Å². The predicted molar refractivity (Wildman–Crippen MR) is 106 cm³/mol. The summed E-state index contributed by atoms with van der Waals surface area (Å²) >= 11 is 0. The number of piperazine rings is 1. The van der Waals surface area contributed by atoms with Crippen LogP contribution in [0.4, 0.5) is 24.5 Å². The third kappa shape index (κ3) is 4.48. The molecule has 1 saturated heterocycles. The molecule has 31 heavy (non-hydrogen) atoms. The molecule has 0 bridgehead atoms. The molecule has 0 N–H and O–H groups in total. The van der Waals surface area contributed by atoms with Crippen LogP contribution < -0.4 is 4.90 Å². The summed E-state index contributed by atoms with van der Waals surface area (Å²) in [4.78, 5) is 25.0. The second kappa shape index (κ2) is 8.17. The number of amides is 1. The molecule has 0 atom stereocenters. The van der Waals surface area contributed by atoms with Crippen molar-refractivity contribution in [2.45, 2.75) is 17.3 Å². The highest BCUT2D eigenvalue weighted by Gasteiger charge is 2.47. The molecule has 0 spiro atoms. The number of rotatable bonds is 4. The van der Waals surface area contributed by atoms with Crippen molar-refractivity contribution in [1.29, 1.82) is 0 Å². The first-order valence-electron chi connectivity index (χ1n) is 9.12. The molecule has 1 heterocycles. The molecular formula is C19H18F3N3O5S. The van der Waals surface area contributed by atoms with Gasteiger partial charge < -0.3 is 9.80 Å². The molecule has 166 valence electrons. The largest absolute Gasteiger partial charge is 0.501 e. The van der Waals surface area contributed by atoms with Gasteiger partial charge in [-0.3, -0.25) is 14.9 Å². The van der Waals surface area contributed by atoms with E-state index >= 15 is 0 Å². The second-order valence-electron chi connectivity index (χ2n) is 7.00. The zero-order valence-corrected chi connectivity index (χ0v) is 17.1. The lowest BCUT2D eigenvalue weighted by atomic mass is 10.1. The highest BCUT2D eigenvalue weighted by Crippen LogP contribution is 2.36. The molecule has 2 aromatic carbocycles. The summed E-state index contributed by atoms with van der Waals surface area (Å²) in [5, 5.41) is 11.4. The van der Waals surface area contributed by atoms with Crippen molar-refractivity contribution in [2.75, 3.05) is 31.1 Å². The zero-order chi connectivity index (χ0) is 23.0. The number of sulfone groups is 1. The first-order chi connectivity index (χ1) is 14.4. The van der Waals surface area contributed by atoms with Gasteiger partial charge in [-0.15, -0.1) is 0 Å². The standard InChI is InChI=1S/C19H18F3N3O5S/c1-13-2-4-14(5-3-13)18(26)24-10-8-23(9-11-24)16-7-6-15(12-17(16)25(27)28)31(29,30)19(20,21)22/h2-7,12H,8-11H2,1H3. The molecule has 1 aliphatic rings. The first kappa shape index (κ1) is 22.5. The Hall–Kier alpha value is -3.15. The number of nitro groups is 1. The van der Waals surface area contributed by atoms with Crippen LogP contribution >= 0.6 is 0 Å². The highest BCUT2D eigenvalue weighted by atomic mass is 32.2. The van der Waals surface area contributed by atoms with Crippen LogP contribution in [0.1, 0.15) is 15.9 Å². The average molecular weight is 457 g/mol. The Kier molecular flexibility index (Phi) is 5.94. The number of anilines is 1. The molecule has 0 saturated carbocycles. The monoisotopic (exact) mass is 457 g/mol. The number of hydrogen-bond acceptors (Lipinski definition) is 6. The van der Waals surface area contributed by atoms with Crippen LogP contribution in [-0.4, -0.2) is 55.8 Å². The van der Waals surface area contributed by atoms with Gasteiger partial charge in [0.2, 0.25) is 0 Å². The van der Waals surface area contributed by atoms with Gasteiger partial charge in [0.1, 0.15) is 5.69 Å². The third-order valence-corrected chi connectivity index (χ3v) is 6.45. The van der Waals surface area contributed by atoms with Crippen LogP contribution in [0.3, 0.4) is 0 Å². The fourth-order valence-electron chi connectivity index (χ4n) is 3.25. The maximum absolute atomic E-state index is 12.8. The highest BCUT2D eigenvalue weighted by molar-refractivity contribution is 7.92. The van der Waals surface area contributed by atoms with Gasteiger partial charge in [-0.05, 0) is 31.2 Å². The van der Waals surface area contributed by atoms with Gasteiger partial charge >= 0.3 is 5.51 Å². The molecule has 2 aromatic rings. The molecule has 12 heteroatoms. The molecular weight excluding hydrogens is 439 g/mol. The van der Waals surface area contributed by atoms with E-state index < -0.39 is 30.9 Å². The maximum Gasteiger partial charge on any atom is 0.501 e. The molecule has 0 aliphatic carbocycles. The van der Waals surface area contributed by atoms with E-state index in [0.29, 0.717) is 17.7 Å². The minimum absolute atomic E-state index is 0.00596. The topological polar surface area (TPSA) is 101 Å². The molecule has 3 rings (SSSR count). The number of benzene rings is 2. The number of carbonyl (C=O) groups excluding carboxylic acids is 1.